The number of nitrogens with zero attached hydrogens (tertiary/aromatic N) is 1. The van der Waals surface area contributed by atoms with Crippen molar-refractivity contribution in [3.05, 3.63) is 63.9 Å². The average Bonchev–Trinajstić information content (AvgIpc) is 2.98. The molecule has 1 heterocycles. The predicted octanol–water partition coefficient (Wildman–Crippen LogP) is 6.19. The van der Waals surface area contributed by atoms with Crippen molar-refractivity contribution in [3.63, 3.8) is 0 Å². The van der Waals surface area contributed by atoms with Crippen LogP contribution in [0.1, 0.15) is 18.9 Å². The van der Waals surface area contributed by atoms with Gasteiger partial charge in [-0.05, 0) is 18.1 Å². The lowest BCUT2D eigenvalue weighted by Gasteiger charge is -2.01. The van der Waals surface area contributed by atoms with Crippen molar-refractivity contribution in [2.75, 3.05) is 0 Å². The fourth-order valence-corrected chi connectivity index (χ4v) is 3.77. The Morgan fingerprint density at radius 3 is 2.52 bits per heavy atom. The number of hydrogen-bond donors (Lipinski definition) is 0. The number of aromatic nitrogens is 1. The molecule has 1 nitrogen and oxygen atoms in total. The summed E-state index contributed by atoms with van der Waals surface area (Å²) in [6.45, 7) is 2.21. The van der Waals surface area contributed by atoms with Gasteiger partial charge in [-0.15, -0.1) is 11.3 Å². The van der Waals surface area contributed by atoms with Crippen LogP contribution in [-0.2, 0) is 6.42 Å². The van der Waals surface area contributed by atoms with Gasteiger partial charge in [0.05, 0.1) is 5.69 Å². The molecule has 0 amide bonds. The second-order valence-electron chi connectivity index (χ2n) is 4.96. The highest BCUT2D eigenvalue weighted by atomic mass is 79.9. The van der Waals surface area contributed by atoms with E-state index in [1.165, 1.54) is 17.5 Å². The fraction of sp³-hybridized carbons (Fsp3) is 0.167. The van der Waals surface area contributed by atoms with Gasteiger partial charge < -0.3 is 0 Å². The molecular formula is C18H16BrNS. The quantitative estimate of drug-likeness (QED) is 0.542. The molecular weight excluding hydrogens is 342 g/mol. The first kappa shape index (κ1) is 14.5. The van der Waals surface area contributed by atoms with E-state index in [2.05, 4.69) is 64.6 Å². The minimum absolute atomic E-state index is 1.05. The Hall–Kier alpha value is -1.45. The smallest absolute Gasteiger partial charge is 0.125 e. The largest absolute Gasteiger partial charge is 0.236 e. The number of aryl methyl sites for hydroxylation is 1. The minimum atomic E-state index is 1.05. The van der Waals surface area contributed by atoms with E-state index in [-0.39, 0.29) is 0 Å². The summed E-state index contributed by atoms with van der Waals surface area (Å²) in [5.41, 5.74) is 4.78. The highest BCUT2D eigenvalue weighted by Crippen LogP contribution is 2.33. The maximum absolute atomic E-state index is 4.78. The van der Waals surface area contributed by atoms with Gasteiger partial charge in [0.15, 0.2) is 0 Å². The average molecular weight is 358 g/mol. The van der Waals surface area contributed by atoms with Crippen LogP contribution in [0.25, 0.3) is 21.8 Å². The van der Waals surface area contributed by atoms with E-state index in [1.54, 1.807) is 11.3 Å². The summed E-state index contributed by atoms with van der Waals surface area (Å²) < 4.78 is 1.09. The summed E-state index contributed by atoms with van der Waals surface area (Å²) in [5.74, 6) is 0. The lowest BCUT2D eigenvalue weighted by Crippen LogP contribution is -1.84. The molecule has 0 bridgehead atoms. The molecule has 2 aromatic carbocycles. The Labute approximate surface area is 137 Å². The highest BCUT2D eigenvalue weighted by molar-refractivity contribution is 9.10. The van der Waals surface area contributed by atoms with Gasteiger partial charge in [0.25, 0.3) is 0 Å². The Kier molecular flexibility index (Phi) is 4.51. The van der Waals surface area contributed by atoms with Crippen molar-refractivity contribution in [1.82, 2.24) is 4.98 Å². The zero-order valence-electron chi connectivity index (χ0n) is 11.8. The van der Waals surface area contributed by atoms with Gasteiger partial charge in [0, 0.05) is 21.0 Å². The maximum Gasteiger partial charge on any atom is 0.125 e. The molecule has 21 heavy (non-hydrogen) atoms. The summed E-state index contributed by atoms with van der Waals surface area (Å²) in [6, 6.07) is 17.0. The Morgan fingerprint density at radius 2 is 1.81 bits per heavy atom. The van der Waals surface area contributed by atoms with E-state index in [4.69, 9.17) is 4.98 Å². The molecule has 0 spiro atoms. The number of rotatable bonds is 4. The molecule has 0 atom stereocenters. The number of hydrogen-bond acceptors (Lipinski definition) is 2. The van der Waals surface area contributed by atoms with Crippen LogP contribution in [0.5, 0.6) is 0 Å². The Morgan fingerprint density at radius 1 is 1.05 bits per heavy atom. The topological polar surface area (TPSA) is 12.9 Å². The van der Waals surface area contributed by atoms with Gasteiger partial charge >= 0.3 is 0 Å². The normalized spacial score (nSPS) is 10.8. The Balaban J connectivity index is 1.89. The molecule has 0 N–H and O–H groups in total. The molecule has 0 fully saturated rings. The Bertz CT molecular complexity index is 731. The van der Waals surface area contributed by atoms with Crippen molar-refractivity contribution < 1.29 is 0 Å². The van der Waals surface area contributed by atoms with Crippen LogP contribution >= 0.6 is 27.3 Å². The lowest BCUT2D eigenvalue weighted by atomic mass is 10.1. The van der Waals surface area contributed by atoms with E-state index in [9.17, 15) is 0 Å². The fourth-order valence-electron chi connectivity index (χ4n) is 2.30. The standard InChI is InChI=1S/C18H16BrNS/c1-2-5-13-8-10-14(11-9-13)17-12-21-18(20-17)15-6-3-4-7-16(15)19/h3-4,6-12H,2,5H2,1H3. The maximum atomic E-state index is 4.78. The van der Waals surface area contributed by atoms with Crippen LogP contribution < -0.4 is 0 Å². The molecule has 1 aromatic heterocycles. The second-order valence-corrected chi connectivity index (χ2v) is 6.68. The predicted molar refractivity (Wildman–Crippen MR) is 94.7 cm³/mol. The summed E-state index contributed by atoms with van der Waals surface area (Å²) in [6.07, 6.45) is 2.32. The molecule has 0 aliphatic rings. The molecule has 0 radical (unpaired) electrons. The van der Waals surface area contributed by atoms with Gasteiger partial charge in [0.1, 0.15) is 5.01 Å². The SMILES string of the molecule is CCCc1ccc(-c2csc(-c3ccccc3Br)n2)cc1. The highest BCUT2D eigenvalue weighted by Gasteiger charge is 2.09. The van der Waals surface area contributed by atoms with Gasteiger partial charge in [-0.3, -0.25) is 0 Å². The molecule has 0 saturated carbocycles. The number of thiazole rings is 1. The van der Waals surface area contributed by atoms with Crippen LogP contribution in [0.15, 0.2) is 58.4 Å². The van der Waals surface area contributed by atoms with Crippen molar-refractivity contribution in [1.29, 1.82) is 0 Å². The molecule has 3 heteroatoms. The summed E-state index contributed by atoms with van der Waals surface area (Å²) in [7, 11) is 0. The molecule has 106 valence electrons. The molecule has 3 rings (SSSR count). The van der Waals surface area contributed by atoms with Crippen LogP contribution in [-0.4, -0.2) is 4.98 Å². The van der Waals surface area contributed by atoms with Crippen molar-refractivity contribution in [2.45, 2.75) is 19.8 Å². The number of halogens is 1. The molecule has 3 aromatic rings. The van der Waals surface area contributed by atoms with E-state index in [1.807, 2.05) is 12.1 Å². The van der Waals surface area contributed by atoms with Gasteiger partial charge in [-0.1, -0.05) is 71.7 Å². The van der Waals surface area contributed by atoms with E-state index in [0.29, 0.717) is 0 Å². The van der Waals surface area contributed by atoms with E-state index >= 15 is 0 Å². The second kappa shape index (κ2) is 6.54. The molecule has 0 unspecified atom stereocenters. The first-order chi connectivity index (χ1) is 10.3. The van der Waals surface area contributed by atoms with Gasteiger partial charge in [-0.2, -0.15) is 0 Å². The van der Waals surface area contributed by atoms with Gasteiger partial charge in [-0.25, -0.2) is 4.98 Å². The van der Waals surface area contributed by atoms with E-state index in [0.717, 1.165) is 27.2 Å². The number of benzene rings is 2. The van der Waals surface area contributed by atoms with Crippen LogP contribution in [0.2, 0.25) is 0 Å². The van der Waals surface area contributed by atoms with Crippen molar-refractivity contribution in [3.8, 4) is 21.8 Å². The van der Waals surface area contributed by atoms with Crippen molar-refractivity contribution in [2.24, 2.45) is 0 Å². The third kappa shape index (κ3) is 3.25. The van der Waals surface area contributed by atoms with Crippen LogP contribution in [0.3, 0.4) is 0 Å². The first-order valence-corrected chi connectivity index (χ1v) is 8.75. The first-order valence-electron chi connectivity index (χ1n) is 7.07. The summed E-state index contributed by atoms with van der Waals surface area (Å²) in [4.78, 5) is 4.78. The van der Waals surface area contributed by atoms with E-state index < -0.39 is 0 Å². The zero-order valence-corrected chi connectivity index (χ0v) is 14.2. The molecule has 0 aliphatic heterocycles. The lowest BCUT2D eigenvalue weighted by molar-refractivity contribution is 0.922. The summed E-state index contributed by atoms with van der Waals surface area (Å²) >= 11 is 5.28. The van der Waals surface area contributed by atoms with Crippen molar-refractivity contribution >= 4 is 27.3 Å². The third-order valence-electron chi connectivity index (χ3n) is 3.40. The monoisotopic (exact) mass is 357 g/mol. The van der Waals surface area contributed by atoms with Crippen LogP contribution in [0, 0.1) is 0 Å². The molecule has 0 saturated heterocycles. The summed E-state index contributed by atoms with van der Waals surface area (Å²) in [5, 5.41) is 3.18. The zero-order chi connectivity index (χ0) is 14.7. The van der Waals surface area contributed by atoms with Gasteiger partial charge in [0.2, 0.25) is 0 Å². The third-order valence-corrected chi connectivity index (χ3v) is 4.96. The minimum Gasteiger partial charge on any atom is -0.236 e. The molecule has 0 aliphatic carbocycles. The van der Waals surface area contributed by atoms with Crippen LogP contribution in [0.4, 0.5) is 0 Å².